The highest BCUT2D eigenvalue weighted by atomic mass is 15.0. The molecule has 1 atom stereocenters. The van der Waals surface area contributed by atoms with Gasteiger partial charge in [-0.1, -0.05) is 39.0 Å². The topological polar surface area (TPSA) is 24.9 Å². The number of hydrogen-bond acceptors (Lipinski definition) is 2. The summed E-state index contributed by atoms with van der Waals surface area (Å²) in [5, 5.41) is 3.59. The van der Waals surface area contributed by atoms with E-state index in [1.807, 2.05) is 18.5 Å². The minimum atomic E-state index is 0.210. The fourth-order valence-corrected chi connectivity index (χ4v) is 2.61. The first-order valence-corrected chi connectivity index (χ1v) is 6.84. The van der Waals surface area contributed by atoms with Crippen molar-refractivity contribution in [2.75, 3.05) is 5.32 Å². The van der Waals surface area contributed by atoms with E-state index in [2.05, 4.69) is 55.3 Å². The summed E-state index contributed by atoms with van der Waals surface area (Å²) < 4.78 is 0. The molecule has 1 unspecified atom stereocenters. The van der Waals surface area contributed by atoms with Crippen molar-refractivity contribution in [3.05, 3.63) is 59.4 Å². The maximum Gasteiger partial charge on any atom is 0.0570 e. The standard InChI is InChI=1S/C17H20N2/c1-17(2,3)14-6-7-15-13(9-14)10-16(19-15)12-5-4-8-18-11-12/h4-9,11,16,19H,10H2,1-3H3. The van der Waals surface area contributed by atoms with Crippen molar-refractivity contribution in [3.8, 4) is 0 Å². The van der Waals surface area contributed by atoms with Crippen LogP contribution in [0.25, 0.3) is 0 Å². The van der Waals surface area contributed by atoms with Gasteiger partial charge in [-0.05, 0) is 40.7 Å². The first-order valence-electron chi connectivity index (χ1n) is 6.84. The number of nitrogens with one attached hydrogen (secondary N) is 1. The molecular formula is C17H20N2. The van der Waals surface area contributed by atoms with Crippen molar-refractivity contribution in [3.63, 3.8) is 0 Å². The lowest BCUT2D eigenvalue weighted by molar-refractivity contribution is 0.589. The Morgan fingerprint density at radius 3 is 2.74 bits per heavy atom. The highest BCUT2D eigenvalue weighted by Gasteiger charge is 2.24. The first kappa shape index (κ1) is 12.2. The molecule has 19 heavy (non-hydrogen) atoms. The number of nitrogens with zero attached hydrogens (tertiary/aromatic N) is 1. The van der Waals surface area contributed by atoms with E-state index in [-0.39, 0.29) is 5.41 Å². The fourth-order valence-electron chi connectivity index (χ4n) is 2.61. The number of hydrogen-bond donors (Lipinski definition) is 1. The maximum atomic E-state index is 4.21. The number of anilines is 1. The zero-order valence-electron chi connectivity index (χ0n) is 11.8. The van der Waals surface area contributed by atoms with Gasteiger partial charge in [0.1, 0.15) is 0 Å². The number of rotatable bonds is 1. The van der Waals surface area contributed by atoms with Crippen molar-refractivity contribution in [1.82, 2.24) is 4.98 Å². The molecule has 0 saturated heterocycles. The summed E-state index contributed by atoms with van der Waals surface area (Å²) >= 11 is 0. The second-order valence-corrected chi connectivity index (χ2v) is 6.31. The molecule has 0 fully saturated rings. The van der Waals surface area contributed by atoms with Gasteiger partial charge in [0.05, 0.1) is 6.04 Å². The zero-order chi connectivity index (χ0) is 13.5. The van der Waals surface area contributed by atoms with Gasteiger partial charge in [-0.2, -0.15) is 0 Å². The number of aromatic nitrogens is 1. The monoisotopic (exact) mass is 252 g/mol. The number of pyridine rings is 1. The van der Waals surface area contributed by atoms with Crippen molar-refractivity contribution < 1.29 is 0 Å². The van der Waals surface area contributed by atoms with E-state index in [1.54, 1.807) is 0 Å². The minimum absolute atomic E-state index is 0.210. The zero-order valence-corrected chi connectivity index (χ0v) is 11.8. The molecule has 98 valence electrons. The van der Waals surface area contributed by atoms with Crippen LogP contribution in [0.2, 0.25) is 0 Å². The fraction of sp³-hybridized carbons (Fsp3) is 0.353. The molecule has 2 nitrogen and oxygen atoms in total. The largest absolute Gasteiger partial charge is 0.378 e. The summed E-state index contributed by atoms with van der Waals surface area (Å²) in [6.45, 7) is 6.78. The summed E-state index contributed by atoms with van der Waals surface area (Å²) in [5.41, 5.74) is 5.56. The van der Waals surface area contributed by atoms with Crippen LogP contribution in [0.15, 0.2) is 42.7 Å². The molecule has 2 aromatic rings. The van der Waals surface area contributed by atoms with E-state index in [0.29, 0.717) is 6.04 Å². The second-order valence-electron chi connectivity index (χ2n) is 6.31. The van der Waals surface area contributed by atoms with Gasteiger partial charge in [0.15, 0.2) is 0 Å². The molecule has 0 bridgehead atoms. The Kier molecular flexibility index (Phi) is 2.81. The lowest BCUT2D eigenvalue weighted by Crippen LogP contribution is -2.10. The summed E-state index contributed by atoms with van der Waals surface area (Å²) in [7, 11) is 0. The molecular weight excluding hydrogens is 232 g/mol. The molecule has 1 aliphatic heterocycles. The van der Waals surface area contributed by atoms with Crippen LogP contribution in [0.4, 0.5) is 5.69 Å². The molecule has 0 saturated carbocycles. The Morgan fingerprint density at radius 1 is 1.21 bits per heavy atom. The van der Waals surface area contributed by atoms with Crippen LogP contribution < -0.4 is 5.32 Å². The summed E-state index contributed by atoms with van der Waals surface area (Å²) in [6.07, 6.45) is 4.82. The van der Waals surface area contributed by atoms with E-state index >= 15 is 0 Å². The highest BCUT2D eigenvalue weighted by molar-refractivity contribution is 5.59. The third-order valence-electron chi connectivity index (χ3n) is 3.81. The van der Waals surface area contributed by atoms with Crippen LogP contribution >= 0.6 is 0 Å². The Morgan fingerprint density at radius 2 is 2.05 bits per heavy atom. The lowest BCUT2D eigenvalue weighted by Gasteiger charge is -2.19. The SMILES string of the molecule is CC(C)(C)c1ccc2c(c1)CC(c1cccnc1)N2. The smallest absolute Gasteiger partial charge is 0.0570 e. The molecule has 0 radical (unpaired) electrons. The van der Waals surface area contributed by atoms with Crippen LogP contribution in [0, 0.1) is 0 Å². The molecule has 1 aromatic heterocycles. The lowest BCUT2D eigenvalue weighted by atomic mass is 9.85. The normalized spacial score (nSPS) is 17.9. The van der Waals surface area contributed by atoms with Gasteiger partial charge in [-0.3, -0.25) is 4.98 Å². The van der Waals surface area contributed by atoms with Crippen LogP contribution in [-0.2, 0) is 11.8 Å². The minimum Gasteiger partial charge on any atom is -0.378 e. The van der Waals surface area contributed by atoms with Gasteiger partial charge in [-0.25, -0.2) is 0 Å². The van der Waals surface area contributed by atoms with Crippen LogP contribution in [0.3, 0.4) is 0 Å². The quantitative estimate of drug-likeness (QED) is 0.827. The van der Waals surface area contributed by atoms with Crippen LogP contribution in [0.1, 0.15) is 43.5 Å². The predicted molar refractivity (Wildman–Crippen MR) is 79.4 cm³/mol. The average molecular weight is 252 g/mol. The van der Waals surface area contributed by atoms with Crippen molar-refractivity contribution in [2.24, 2.45) is 0 Å². The van der Waals surface area contributed by atoms with Crippen molar-refractivity contribution in [2.45, 2.75) is 38.6 Å². The molecule has 1 aromatic carbocycles. The molecule has 3 rings (SSSR count). The maximum absolute atomic E-state index is 4.21. The summed E-state index contributed by atoms with van der Waals surface area (Å²) in [6, 6.07) is 11.3. The van der Waals surface area contributed by atoms with Gasteiger partial charge < -0.3 is 5.32 Å². The number of fused-ring (bicyclic) bond motifs is 1. The van der Waals surface area contributed by atoms with Gasteiger partial charge in [-0.15, -0.1) is 0 Å². The van der Waals surface area contributed by atoms with Gasteiger partial charge in [0.25, 0.3) is 0 Å². The Bertz CT molecular complexity index is 582. The first-order chi connectivity index (χ1) is 9.04. The molecule has 1 N–H and O–H groups in total. The molecule has 0 spiro atoms. The van der Waals surface area contributed by atoms with Crippen LogP contribution in [0.5, 0.6) is 0 Å². The van der Waals surface area contributed by atoms with E-state index in [0.717, 1.165) is 6.42 Å². The third kappa shape index (κ3) is 2.35. The molecule has 1 aliphatic rings. The highest BCUT2D eigenvalue weighted by Crippen LogP contribution is 2.36. The van der Waals surface area contributed by atoms with Gasteiger partial charge in [0.2, 0.25) is 0 Å². The molecule has 0 amide bonds. The predicted octanol–water partition coefficient (Wildman–Crippen LogP) is 4.09. The molecule has 2 heterocycles. The van der Waals surface area contributed by atoms with E-state index in [9.17, 15) is 0 Å². The molecule has 2 heteroatoms. The van der Waals surface area contributed by atoms with Gasteiger partial charge in [0, 0.05) is 18.1 Å². The summed E-state index contributed by atoms with van der Waals surface area (Å²) in [4.78, 5) is 4.21. The Labute approximate surface area is 114 Å². The second kappa shape index (κ2) is 4.37. The van der Waals surface area contributed by atoms with E-state index < -0.39 is 0 Å². The summed E-state index contributed by atoms with van der Waals surface area (Å²) in [5.74, 6) is 0. The Hall–Kier alpha value is -1.83. The van der Waals surface area contributed by atoms with Crippen molar-refractivity contribution >= 4 is 5.69 Å². The third-order valence-corrected chi connectivity index (χ3v) is 3.81. The average Bonchev–Trinajstić information content (AvgIpc) is 2.81. The van der Waals surface area contributed by atoms with Crippen molar-refractivity contribution in [1.29, 1.82) is 0 Å². The van der Waals surface area contributed by atoms with Gasteiger partial charge >= 0.3 is 0 Å². The van der Waals surface area contributed by atoms with E-state index in [4.69, 9.17) is 0 Å². The number of benzene rings is 1. The molecule has 0 aliphatic carbocycles. The van der Waals surface area contributed by atoms with Crippen LogP contribution in [-0.4, -0.2) is 4.98 Å². The van der Waals surface area contributed by atoms with E-state index in [1.165, 1.54) is 22.4 Å². The Balaban J connectivity index is 1.89.